The predicted molar refractivity (Wildman–Crippen MR) is 131 cm³/mol. The molecule has 1 aliphatic rings. The summed E-state index contributed by atoms with van der Waals surface area (Å²) < 4.78 is 17.8. The van der Waals surface area contributed by atoms with E-state index >= 15 is 0 Å². The van der Waals surface area contributed by atoms with Crippen LogP contribution in [0, 0.1) is 25.2 Å². The number of ether oxygens (including phenoxy) is 2. The van der Waals surface area contributed by atoms with Gasteiger partial charge in [-0.15, -0.1) is 0 Å². The number of hydrogen-bond donors (Lipinski definition) is 0. The van der Waals surface area contributed by atoms with Crippen LogP contribution in [-0.2, 0) is 20.9 Å². The molecule has 5 nitrogen and oxygen atoms in total. The third kappa shape index (κ3) is 7.43. The molecule has 33 heavy (non-hydrogen) atoms. The Morgan fingerprint density at radius 1 is 1.09 bits per heavy atom. The molecule has 1 saturated carbocycles. The van der Waals surface area contributed by atoms with E-state index in [1.807, 2.05) is 53.7 Å². The quantitative estimate of drug-likeness (QED) is 0.394. The van der Waals surface area contributed by atoms with Crippen molar-refractivity contribution in [1.82, 2.24) is 4.98 Å². The Kier molecular flexibility index (Phi) is 8.04. The van der Waals surface area contributed by atoms with Gasteiger partial charge in [0.15, 0.2) is 0 Å². The van der Waals surface area contributed by atoms with Crippen molar-refractivity contribution in [3.8, 4) is 11.5 Å². The first kappa shape index (κ1) is 25.5. The summed E-state index contributed by atoms with van der Waals surface area (Å²) in [5.41, 5.74) is 2.16. The van der Waals surface area contributed by atoms with Gasteiger partial charge >= 0.3 is 5.97 Å². The number of aryl methyl sites for hydroxylation is 2. The molecule has 2 atom stereocenters. The molecule has 2 unspecified atom stereocenters. The van der Waals surface area contributed by atoms with E-state index in [4.69, 9.17) is 13.9 Å². The maximum absolute atomic E-state index is 12.6. The molecule has 1 aliphatic carbocycles. The molecule has 5 heteroatoms. The summed E-state index contributed by atoms with van der Waals surface area (Å²) in [5, 5.41) is 0. The van der Waals surface area contributed by atoms with Gasteiger partial charge in [-0.25, -0.2) is 4.98 Å². The van der Waals surface area contributed by atoms with Crippen LogP contribution in [0.3, 0.4) is 0 Å². The van der Waals surface area contributed by atoms with Gasteiger partial charge in [0.2, 0.25) is 5.89 Å². The molecule has 1 aromatic carbocycles. The molecule has 0 aliphatic heterocycles. The molecule has 0 spiro atoms. The maximum Gasteiger partial charge on any atom is 0.312 e. The van der Waals surface area contributed by atoms with Gasteiger partial charge in [-0.1, -0.05) is 30.5 Å². The third-order valence-electron chi connectivity index (χ3n) is 6.51. The fourth-order valence-corrected chi connectivity index (χ4v) is 4.32. The van der Waals surface area contributed by atoms with E-state index in [2.05, 4.69) is 24.0 Å². The normalized spacial score (nSPS) is 19.5. The fraction of sp³-hybridized carbons (Fsp3) is 0.643. The van der Waals surface area contributed by atoms with E-state index in [1.54, 1.807) is 0 Å². The van der Waals surface area contributed by atoms with E-state index in [0.717, 1.165) is 49.1 Å². The van der Waals surface area contributed by atoms with Gasteiger partial charge in [0, 0.05) is 5.56 Å². The summed E-state index contributed by atoms with van der Waals surface area (Å²) in [6.07, 6.45) is 6.56. The van der Waals surface area contributed by atoms with Gasteiger partial charge in [0.1, 0.15) is 17.1 Å². The Hall–Kier alpha value is -2.14. The molecule has 0 amide bonds. The summed E-state index contributed by atoms with van der Waals surface area (Å²) in [6, 6.07) is 8.21. The molecule has 0 bridgehead atoms. The summed E-state index contributed by atoms with van der Waals surface area (Å²) in [5.74, 6) is 1.94. The number of rotatable bonds is 8. The first-order valence-electron chi connectivity index (χ1n) is 12.3. The van der Waals surface area contributed by atoms with Crippen LogP contribution in [0.5, 0.6) is 0 Å². The second kappa shape index (κ2) is 10.4. The lowest BCUT2D eigenvalue weighted by molar-refractivity contribution is -0.166. The van der Waals surface area contributed by atoms with E-state index in [0.29, 0.717) is 18.4 Å². The van der Waals surface area contributed by atoms with Crippen LogP contribution in [-0.4, -0.2) is 22.7 Å². The lowest BCUT2D eigenvalue weighted by atomic mass is 9.79. The van der Waals surface area contributed by atoms with Crippen LogP contribution in [0.15, 0.2) is 28.7 Å². The van der Waals surface area contributed by atoms with Crippen molar-refractivity contribution < 1.29 is 18.7 Å². The average molecular weight is 456 g/mol. The van der Waals surface area contributed by atoms with Crippen molar-refractivity contribution in [2.24, 2.45) is 11.3 Å². The van der Waals surface area contributed by atoms with Crippen LogP contribution < -0.4 is 0 Å². The van der Waals surface area contributed by atoms with Gasteiger partial charge in [-0.2, -0.15) is 0 Å². The molecule has 1 fully saturated rings. The summed E-state index contributed by atoms with van der Waals surface area (Å²) in [6.45, 7) is 14.3. The van der Waals surface area contributed by atoms with Gasteiger partial charge in [-0.3, -0.25) is 4.79 Å². The molecule has 0 N–H and O–H groups in total. The molecule has 182 valence electrons. The highest BCUT2D eigenvalue weighted by Gasteiger charge is 2.34. The third-order valence-corrected chi connectivity index (χ3v) is 6.51. The van der Waals surface area contributed by atoms with Gasteiger partial charge < -0.3 is 13.9 Å². The molecule has 1 heterocycles. The van der Waals surface area contributed by atoms with Gasteiger partial charge in [-0.05, 0) is 92.2 Å². The maximum atomic E-state index is 12.6. The van der Waals surface area contributed by atoms with Crippen molar-refractivity contribution >= 4 is 5.97 Å². The van der Waals surface area contributed by atoms with Gasteiger partial charge in [0.25, 0.3) is 0 Å². The van der Waals surface area contributed by atoms with E-state index in [9.17, 15) is 4.79 Å². The standard InChI is InChI=1S/C28H41NO4/c1-19-11-13-22(14-12-19)25-29-24(20(2)32-25)18-31-23-10-8-9-21(17-23)15-16-28(6,7)26(30)33-27(3,4)5/h11-14,21,23H,8-10,15-18H2,1-7H3. The van der Waals surface area contributed by atoms with Crippen LogP contribution in [0.1, 0.15) is 90.2 Å². The zero-order valence-corrected chi connectivity index (χ0v) is 21.5. The Labute approximate surface area is 199 Å². The lowest BCUT2D eigenvalue weighted by Crippen LogP contribution is -2.34. The van der Waals surface area contributed by atoms with E-state index in [1.165, 1.54) is 12.0 Å². The van der Waals surface area contributed by atoms with Gasteiger partial charge in [0.05, 0.1) is 18.1 Å². The number of hydrogen-bond acceptors (Lipinski definition) is 5. The predicted octanol–water partition coefficient (Wildman–Crippen LogP) is 7.18. The topological polar surface area (TPSA) is 61.6 Å². The lowest BCUT2D eigenvalue weighted by Gasteiger charge is -2.32. The number of aromatic nitrogens is 1. The summed E-state index contributed by atoms with van der Waals surface area (Å²) in [7, 11) is 0. The van der Waals surface area contributed by atoms with Crippen molar-refractivity contribution in [2.75, 3.05) is 0 Å². The zero-order valence-electron chi connectivity index (χ0n) is 21.5. The highest BCUT2D eigenvalue weighted by atomic mass is 16.6. The number of benzene rings is 1. The Morgan fingerprint density at radius 3 is 2.45 bits per heavy atom. The SMILES string of the molecule is Cc1ccc(-c2nc(COC3CCCC(CCC(C)(C)C(=O)OC(C)(C)C)C3)c(C)o2)cc1. The summed E-state index contributed by atoms with van der Waals surface area (Å²) >= 11 is 0. The fourth-order valence-electron chi connectivity index (χ4n) is 4.32. The number of oxazole rings is 1. The highest BCUT2D eigenvalue weighted by Crippen LogP contribution is 2.35. The first-order chi connectivity index (χ1) is 15.4. The molecule has 0 saturated heterocycles. The smallest absolute Gasteiger partial charge is 0.312 e. The highest BCUT2D eigenvalue weighted by molar-refractivity contribution is 5.76. The van der Waals surface area contributed by atoms with Crippen molar-refractivity contribution in [3.05, 3.63) is 41.3 Å². The van der Waals surface area contributed by atoms with Crippen LogP contribution in [0.4, 0.5) is 0 Å². The molecule has 2 aromatic rings. The Balaban J connectivity index is 1.50. The number of nitrogens with zero attached hydrogens (tertiary/aromatic N) is 1. The van der Waals surface area contributed by atoms with E-state index in [-0.39, 0.29) is 12.1 Å². The zero-order chi connectivity index (χ0) is 24.2. The largest absolute Gasteiger partial charge is 0.460 e. The minimum atomic E-state index is -0.467. The summed E-state index contributed by atoms with van der Waals surface area (Å²) in [4.78, 5) is 17.3. The van der Waals surface area contributed by atoms with Crippen LogP contribution in [0.25, 0.3) is 11.5 Å². The second-order valence-electron chi connectivity index (χ2n) is 11.3. The number of carbonyl (C=O) groups excluding carboxylic acids is 1. The van der Waals surface area contributed by atoms with E-state index < -0.39 is 11.0 Å². The Morgan fingerprint density at radius 2 is 1.79 bits per heavy atom. The average Bonchev–Trinajstić information content (AvgIpc) is 3.11. The molecule has 0 radical (unpaired) electrons. The van der Waals surface area contributed by atoms with Crippen LogP contribution in [0.2, 0.25) is 0 Å². The minimum absolute atomic E-state index is 0.107. The molecular formula is C28H41NO4. The van der Waals surface area contributed by atoms with Crippen LogP contribution >= 0.6 is 0 Å². The monoisotopic (exact) mass is 455 g/mol. The Bertz CT molecular complexity index is 920. The molecule has 1 aromatic heterocycles. The second-order valence-corrected chi connectivity index (χ2v) is 11.3. The van der Waals surface area contributed by atoms with Crippen molar-refractivity contribution in [1.29, 1.82) is 0 Å². The number of esters is 1. The van der Waals surface area contributed by atoms with Crippen molar-refractivity contribution in [3.63, 3.8) is 0 Å². The first-order valence-corrected chi connectivity index (χ1v) is 12.3. The van der Waals surface area contributed by atoms with Crippen molar-refractivity contribution in [2.45, 2.75) is 105 Å². The molecule has 3 rings (SSSR count). The minimum Gasteiger partial charge on any atom is -0.460 e. The molecular weight excluding hydrogens is 414 g/mol. The number of carbonyl (C=O) groups is 1.